The molecule has 5 nitrogen and oxygen atoms in total. The number of aryl methyl sites for hydroxylation is 1. The van der Waals surface area contributed by atoms with Gasteiger partial charge in [-0.25, -0.2) is 9.67 Å². The minimum atomic E-state index is -0.412. The third-order valence-corrected chi connectivity index (χ3v) is 4.15. The molecule has 20 heavy (non-hydrogen) atoms. The van der Waals surface area contributed by atoms with Crippen molar-refractivity contribution in [1.29, 1.82) is 0 Å². The van der Waals surface area contributed by atoms with Gasteiger partial charge in [0.1, 0.15) is 11.6 Å². The third-order valence-electron chi connectivity index (χ3n) is 3.07. The number of nitrogens with zero attached hydrogens (tertiary/aromatic N) is 3. The molecule has 0 aliphatic heterocycles. The Kier molecular flexibility index (Phi) is 4.67. The van der Waals surface area contributed by atoms with Crippen molar-refractivity contribution in [3.8, 4) is 0 Å². The highest BCUT2D eigenvalue weighted by Crippen LogP contribution is 2.18. The van der Waals surface area contributed by atoms with Crippen LogP contribution in [-0.4, -0.2) is 31.8 Å². The molecule has 0 saturated carbocycles. The topological polar surface area (TPSA) is 68.0 Å². The SMILES string of the molecule is CC[C@@H](O)Cn1nc(C)nc1Cc1csc(C(C)=O)c1. The van der Waals surface area contributed by atoms with Crippen LogP contribution in [0, 0.1) is 6.92 Å². The molecular formula is C14H19N3O2S. The fourth-order valence-electron chi connectivity index (χ4n) is 1.94. The minimum Gasteiger partial charge on any atom is -0.391 e. The van der Waals surface area contributed by atoms with E-state index in [1.165, 1.54) is 11.3 Å². The van der Waals surface area contributed by atoms with E-state index in [4.69, 9.17) is 0 Å². The second-order valence-electron chi connectivity index (χ2n) is 4.87. The molecule has 2 heterocycles. The van der Waals surface area contributed by atoms with Gasteiger partial charge in [-0.1, -0.05) is 6.92 Å². The van der Waals surface area contributed by atoms with Crippen molar-refractivity contribution in [2.45, 2.75) is 46.3 Å². The number of carbonyl (C=O) groups is 1. The second-order valence-corrected chi connectivity index (χ2v) is 5.78. The van der Waals surface area contributed by atoms with E-state index in [9.17, 15) is 9.90 Å². The summed E-state index contributed by atoms with van der Waals surface area (Å²) in [5, 5.41) is 16.0. The maximum absolute atomic E-state index is 11.3. The molecule has 0 amide bonds. The van der Waals surface area contributed by atoms with E-state index in [0.717, 1.165) is 16.3 Å². The highest BCUT2D eigenvalue weighted by atomic mass is 32.1. The first kappa shape index (κ1) is 14.9. The molecule has 0 aliphatic rings. The molecule has 0 aliphatic carbocycles. The van der Waals surface area contributed by atoms with Crippen molar-refractivity contribution in [3.05, 3.63) is 33.5 Å². The van der Waals surface area contributed by atoms with Gasteiger partial charge in [0.2, 0.25) is 0 Å². The second kappa shape index (κ2) is 6.28. The summed E-state index contributed by atoms with van der Waals surface area (Å²) in [5.41, 5.74) is 1.06. The van der Waals surface area contributed by atoms with Crippen LogP contribution in [0.3, 0.4) is 0 Å². The number of rotatable bonds is 6. The van der Waals surface area contributed by atoms with Crippen LogP contribution in [0.15, 0.2) is 11.4 Å². The average molecular weight is 293 g/mol. The van der Waals surface area contributed by atoms with E-state index in [1.807, 2.05) is 25.3 Å². The van der Waals surface area contributed by atoms with Crippen molar-refractivity contribution in [3.63, 3.8) is 0 Å². The van der Waals surface area contributed by atoms with Gasteiger partial charge in [-0.15, -0.1) is 11.3 Å². The van der Waals surface area contributed by atoms with Crippen molar-refractivity contribution < 1.29 is 9.90 Å². The van der Waals surface area contributed by atoms with Gasteiger partial charge in [0.15, 0.2) is 5.78 Å². The predicted octanol–water partition coefficient (Wildman–Crippen LogP) is 2.21. The fraction of sp³-hybridized carbons (Fsp3) is 0.500. The van der Waals surface area contributed by atoms with Crippen molar-refractivity contribution in [2.24, 2.45) is 0 Å². The van der Waals surface area contributed by atoms with E-state index in [0.29, 0.717) is 25.2 Å². The Balaban J connectivity index is 2.17. The van der Waals surface area contributed by atoms with Crippen LogP contribution in [0.5, 0.6) is 0 Å². The summed E-state index contributed by atoms with van der Waals surface area (Å²) in [6.07, 6.45) is 0.900. The molecule has 0 aromatic carbocycles. The lowest BCUT2D eigenvalue weighted by atomic mass is 10.2. The number of Topliss-reactive ketones (excluding diaryl/α,β-unsaturated/α-hetero) is 1. The lowest BCUT2D eigenvalue weighted by Crippen LogP contribution is -2.18. The van der Waals surface area contributed by atoms with Gasteiger partial charge in [0.05, 0.1) is 17.5 Å². The third kappa shape index (κ3) is 3.52. The van der Waals surface area contributed by atoms with E-state index < -0.39 is 6.10 Å². The quantitative estimate of drug-likeness (QED) is 0.829. The largest absolute Gasteiger partial charge is 0.391 e. The molecule has 2 aromatic rings. The molecule has 0 spiro atoms. The smallest absolute Gasteiger partial charge is 0.169 e. The summed E-state index contributed by atoms with van der Waals surface area (Å²) in [6, 6.07) is 1.90. The van der Waals surface area contributed by atoms with Crippen LogP contribution in [0.2, 0.25) is 0 Å². The Labute approximate surface area is 122 Å². The molecule has 2 rings (SSSR count). The van der Waals surface area contributed by atoms with Gasteiger partial charge in [-0.2, -0.15) is 5.10 Å². The van der Waals surface area contributed by atoms with E-state index in [2.05, 4.69) is 10.1 Å². The molecule has 2 aromatic heterocycles. The molecule has 0 bridgehead atoms. The fourth-order valence-corrected chi connectivity index (χ4v) is 2.76. The van der Waals surface area contributed by atoms with Crippen LogP contribution in [0.1, 0.15) is 47.2 Å². The first-order valence-electron chi connectivity index (χ1n) is 6.66. The van der Waals surface area contributed by atoms with Crippen LogP contribution in [0.25, 0.3) is 0 Å². The Hall–Kier alpha value is -1.53. The zero-order valence-electron chi connectivity index (χ0n) is 12.0. The van der Waals surface area contributed by atoms with Gasteiger partial charge in [0, 0.05) is 6.42 Å². The first-order chi connectivity index (χ1) is 9.49. The van der Waals surface area contributed by atoms with Gasteiger partial charge < -0.3 is 5.11 Å². The summed E-state index contributed by atoms with van der Waals surface area (Å²) >= 11 is 1.45. The Morgan fingerprint density at radius 1 is 1.55 bits per heavy atom. The molecule has 6 heteroatoms. The number of aromatic nitrogens is 3. The van der Waals surface area contributed by atoms with Crippen molar-refractivity contribution >= 4 is 17.1 Å². The van der Waals surface area contributed by atoms with E-state index in [1.54, 1.807) is 11.6 Å². The van der Waals surface area contributed by atoms with E-state index in [-0.39, 0.29) is 5.78 Å². The molecular weight excluding hydrogens is 274 g/mol. The Morgan fingerprint density at radius 3 is 2.90 bits per heavy atom. The molecule has 0 fully saturated rings. The normalized spacial score (nSPS) is 12.6. The van der Waals surface area contributed by atoms with Crippen LogP contribution in [0.4, 0.5) is 0 Å². The summed E-state index contributed by atoms with van der Waals surface area (Å²) in [5.74, 6) is 1.61. The Bertz CT molecular complexity index is 603. The van der Waals surface area contributed by atoms with Crippen LogP contribution >= 0.6 is 11.3 Å². The number of thiophene rings is 1. The summed E-state index contributed by atoms with van der Waals surface area (Å²) in [7, 11) is 0. The predicted molar refractivity (Wildman–Crippen MR) is 78.2 cm³/mol. The number of hydrogen-bond acceptors (Lipinski definition) is 5. The first-order valence-corrected chi connectivity index (χ1v) is 7.54. The lowest BCUT2D eigenvalue weighted by molar-refractivity contribution is 0.102. The molecule has 0 radical (unpaired) electrons. The monoisotopic (exact) mass is 293 g/mol. The Morgan fingerprint density at radius 2 is 2.30 bits per heavy atom. The maximum atomic E-state index is 11.3. The lowest BCUT2D eigenvalue weighted by Gasteiger charge is -2.09. The number of aliphatic hydroxyl groups is 1. The highest BCUT2D eigenvalue weighted by Gasteiger charge is 2.13. The van der Waals surface area contributed by atoms with Crippen molar-refractivity contribution in [1.82, 2.24) is 14.8 Å². The van der Waals surface area contributed by atoms with E-state index >= 15 is 0 Å². The maximum Gasteiger partial charge on any atom is 0.169 e. The standard InChI is InChI=1S/C14H19N3O2S/c1-4-12(19)7-17-14(15-10(3)16-17)6-11-5-13(9(2)18)20-8-11/h5,8,12,19H,4,6-7H2,1-3H3/t12-/m1/s1. The van der Waals surface area contributed by atoms with Gasteiger partial charge in [0.25, 0.3) is 0 Å². The van der Waals surface area contributed by atoms with Gasteiger partial charge in [-0.05, 0) is 37.3 Å². The molecule has 0 unspecified atom stereocenters. The number of carbonyl (C=O) groups excluding carboxylic acids is 1. The summed E-state index contributed by atoms with van der Waals surface area (Å²) in [6.45, 7) is 5.80. The zero-order valence-corrected chi connectivity index (χ0v) is 12.8. The number of hydrogen-bond donors (Lipinski definition) is 1. The molecule has 0 saturated heterocycles. The summed E-state index contributed by atoms with van der Waals surface area (Å²) < 4.78 is 1.76. The zero-order chi connectivity index (χ0) is 14.7. The molecule has 1 N–H and O–H groups in total. The molecule has 108 valence electrons. The summed E-state index contributed by atoms with van der Waals surface area (Å²) in [4.78, 5) is 16.5. The minimum absolute atomic E-state index is 0.0836. The van der Waals surface area contributed by atoms with Crippen LogP contribution in [-0.2, 0) is 13.0 Å². The molecule has 1 atom stereocenters. The highest BCUT2D eigenvalue weighted by molar-refractivity contribution is 7.12. The van der Waals surface area contributed by atoms with Gasteiger partial charge >= 0.3 is 0 Å². The number of aliphatic hydroxyl groups excluding tert-OH is 1. The van der Waals surface area contributed by atoms with Gasteiger partial charge in [-0.3, -0.25) is 4.79 Å². The number of ketones is 1. The average Bonchev–Trinajstić information content (AvgIpc) is 2.97. The van der Waals surface area contributed by atoms with Crippen molar-refractivity contribution in [2.75, 3.05) is 0 Å². The van der Waals surface area contributed by atoms with Crippen LogP contribution < -0.4 is 0 Å².